The molecule has 0 amide bonds. The zero-order chi connectivity index (χ0) is 14.8. The fourth-order valence-corrected chi connectivity index (χ4v) is 2.61. The minimum Gasteiger partial charge on any atom is -0.466 e. The molecule has 0 aliphatic heterocycles. The molecule has 2 heterocycles. The molecule has 0 fully saturated rings. The number of furan rings is 1. The van der Waals surface area contributed by atoms with Gasteiger partial charge >= 0.3 is 0 Å². The third-order valence-corrected chi connectivity index (χ3v) is 3.60. The van der Waals surface area contributed by atoms with Crippen LogP contribution < -0.4 is 5.32 Å². The first kappa shape index (κ1) is 13.5. The Morgan fingerprint density at radius 2 is 2.05 bits per heavy atom. The van der Waals surface area contributed by atoms with Crippen LogP contribution in [0.5, 0.6) is 0 Å². The molecular formula is C17H19N3O. The van der Waals surface area contributed by atoms with Crippen molar-refractivity contribution in [1.29, 1.82) is 0 Å². The number of aryl methyl sites for hydroxylation is 2. The molecule has 0 aliphatic carbocycles. The summed E-state index contributed by atoms with van der Waals surface area (Å²) < 4.78 is 7.62. The van der Waals surface area contributed by atoms with Crippen LogP contribution in [0.3, 0.4) is 0 Å². The van der Waals surface area contributed by atoms with Crippen molar-refractivity contribution >= 4 is 5.69 Å². The molecular weight excluding hydrogens is 262 g/mol. The van der Waals surface area contributed by atoms with Gasteiger partial charge in [-0.15, -0.1) is 0 Å². The van der Waals surface area contributed by atoms with E-state index >= 15 is 0 Å². The minimum atomic E-state index is 0.173. The maximum Gasteiger partial charge on any atom is 0.106 e. The van der Waals surface area contributed by atoms with Gasteiger partial charge in [0.05, 0.1) is 23.7 Å². The van der Waals surface area contributed by atoms with Crippen LogP contribution >= 0.6 is 0 Å². The normalized spacial score (nSPS) is 12.3. The molecule has 4 heteroatoms. The van der Waals surface area contributed by atoms with E-state index < -0.39 is 0 Å². The smallest absolute Gasteiger partial charge is 0.106 e. The third kappa shape index (κ3) is 2.70. The van der Waals surface area contributed by atoms with E-state index in [4.69, 9.17) is 4.42 Å². The number of benzene rings is 1. The second kappa shape index (κ2) is 5.48. The molecule has 4 nitrogen and oxygen atoms in total. The van der Waals surface area contributed by atoms with Gasteiger partial charge in [0.2, 0.25) is 0 Å². The lowest BCUT2D eigenvalue weighted by atomic mass is 10.1. The van der Waals surface area contributed by atoms with Gasteiger partial charge in [0.1, 0.15) is 11.5 Å². The predicted molar refractivity (Wildman–Crippen MR) is 83.8 cm³/mol. The highest BCUT2D eigenvalue weighted by atomic mass is 16.3. The van der Waals surface area contributed by atoms with Gasteiger partial charge in [-0.1, -0.05) is 12.1 Å². The summed E-state index contributed by atoms with van der Waals surface area (Å²) in [4.78, 5) is 4.11. The van der Waals surface area contributed by atoms with Gasteiger partial charge < -0.3 is 14.3 Å². The van der Waals surface area contributed by atoms with E-state index in [0.29, 0.717) is 0 Å². The topological polar surface area (TPSA) is 43.0 Å². The summed E-state index contributed by atoms with van der Waals surface area (Å²) in [6.07, 6.45) is 5.53. The largest absolute Gasteiger partial charge is 0.466 e. The molecule has 108 valence electrons. The van der Waals surface area contributed by atoms with Crippen LogP contribution in [0.15, 0.2) is 53.5 Å². The molecule has 0 saturated carbocycles. The molecule has 0 saturated heterocycles. The summed E-state index contributed by atoms with van der Waals surface area (Å²) >= 11 is 0. The molecule has 2 aromatic heterocycles. The Bertz CT molecular complexity index is 728. The first-order valence-electron chi connectivity index (χ1n) is 7.06. The molecule has 1 unspecified atom stereocenters. The maximum absolute atomic E-state index is 5.62. The summed E-state index contributed by atoms with van der Waals surface area (Å²) in [5.41, 5.74) is 3.34. The summed E-state index contributed by atoms with van der Waals surface area (Å²) in [6, 6.07) is 10.5. The van der Waals surface area contributed by atoms with Gasteiger partial charge in [0, 0.05) is 18.0 Å². The van der Waals surface area contributed by atoms with Crippen LogP contribution in [-0.2, 0) is 0 Å². The van der Waals surface area contributed by atoms with Crippen molar-refractivity contribution < 1.29 is 4.42 Å². The highest BCUT2D eigenvalue weighted by Gasteiger charge is 2.14. The first-order chi connectivity index (χ1) is 10.1. The van der Waals surface area contributed by atoms with Crippen LogP contribution in [0.2, 0.25) is 0 Å². The number of anilines is 1. The van der Waals surface area contributed by atoms with Gasteiger partial charge in [0.15, 0.2) is 0 Å². The molecule has 3 aromatic rings. The average molecular weight is 281 g/mol. The number of nitrogens with one attached hydrogen (secondary N) is 1. The molecule has 1 aromatic carbocycles. The van der Waals surface area contributed by atoms with Gasteiger partial charge in [-0.3, -0.25) is 0 Å². The molecule has 0 aliphatic rings. The SMILES string of the molecule is Cc1cc(C(C)Nc2ccccc2-n2ccnc2)c(C)o1. The van der Waals surface area contributed by atoms with E-state index in [1.54, 1.807) is 12.5 Å². The number of aromatic nitrogens is 2. The van der Waals surface area contributed by atoms with E-state index in [9.17, 15) is 0 Å². The fraction of sp³-hybridized carbons (Fsp3) is 0.235. The molecule has 0 radical (unpaired) electrons. The number of imidazole rings is 1. The zero-order valence-electron chi connectivity index (χ0n) is 12.5. The minimum absolute atomic E-state index is 0.173. The lowest BCUT2D eigenvalue weighted by Crippen LogP contribution is -2.09. The number of rotatable bonds is 4. The van der Waals surface area contributed by atoms with E-state index in [1.807, 2.05) is 36.7 Å². The Hall–Kier alpha value is -2.49. The number of hydrogen-bond donors (Lipinski definition) is 1. The summed E-state index contributed by atoms with van der Waals surface area (Å²) in [5, 5.41) is 3.56. The average Bonchev–Trinajstić information content (AvgIpc) is 3.09. The molecule has 0 spiro atoms. The van der Waals surface area contributed by atoms with Gasteiger partial charge in [-0.2, -0.15) is 0 Å². The van der Waals surface area contributed by atoms with Gasteiger partial charge in [-0.05, 0) is 39.0 Å². The van der Waals surface area contributed by atoms with Crippen molar-refractivity contribution in [2.45, 2.75) is 26.8 Å². The van der Waals surface area contributed by atoms with Crippen LogP contribution in [0, 0.1) is 13.8 Å². The third-order valence-electron chi connectivity index (χ3n) is 3.60. The number of nitrogens with zero attached hydrogens (tertiary/aromatic N) is 2. The number of para-hydroxylation sites is 2. The van der Waals surface area contributed by atoms with Crippen LogP contribution in [0.1, 0.15) is 30.0 Å². The summed E-state index contributed by atoms with van der Waals surface area (Å²) in [7, 11) is 0. The van der Waals surface area contributed by atoms with Crippen molar-refractivity contribution in [3.05, 3.63) is 66.1 Å². The maximum atomic E-state index is 5.62. The standard InChI is InChI=1S/C17H19N3O/c1-12-10-15(14(3)21-12)13(2)19-16-6-4-5-7-17(16)20-9-8-18-11-20/h4-11,13,19H,1-3H3. The fourth-order valence-electron chi connectivity index (χ4n) is 2.61. The van der Waals surface area contributed by atoms with Crippen molar-refractivity contribution in [3.8, 4) is 5.69 Å². The van der Waals surface area contributed by atoms with E-state index in [0.717, 1.165) is 22.9 Å². The predicted octanol–water partition coefficient (Wildman–Crippen LogP) is 4.26. The Morgan fingerprint density at radius 3 is 2.71 bits per heavy atom. The van der Waals surface area contributed by atoms with Crippen molar-refractivity contribution in [2.24, 2.45) is 0 Å². The van der Waals surface area contributed by atoms with Crippen molar-refractivity contribution in [1.82, 2.24) is 9.55 Å². The molecule has 1 atom stereocenters. The number of hydrogen-bond acceptors (Lipinski definition) is 3. The van der Waals surface area contributed by atoms with Gasteiger partial charge in [0.25, 0.3) is 0 Å². The Morgan fingerprint density at radius 1 is 1.24 bits per heavy atom. The lowest BCUT2D eigenvalue weighted by molar-refractivity contribution is 0.500. The highest BCUT2D eigenvalue weighted by molar-refractivity contribution is 5.61. The van der Waals surface area contributed by atoms with Gasteiger partial charge in [-0.25, -0.2) is 4.98 Å². The highest BCUT2D eigenvalue weighted by Crippen LogP contribution is 2.28. The van der Waals surface area contributed by atoms with E-state index in [1.165, 1.54) is 5.56 Å². The molecule has 21 heavy (non-hydrogen) atoms. The Balaban J connectivity index is 1.90. The van der Waals surface area contributed by atoms with Crippen molar-refractivity contribution in [3.63, 3.8) is 0 Å². The second-order valence-electron chi connectivity index (χ2n) is 5.22. The van der Waals surface area contributed by atoms with Crippen LogP contribution in [0.4, 0.5) is 5.69 Å². The van der Waals surface area contributed by atoms with Crippen LogP contribution in [0.25, 0.3) is 5.69 Å². The van der Waals surface area contributed by atoms with Crippen molar-refractivity contribution in [2.75, 3.05) is 5.32 Å². The monoisotopic (exact) mass is 281 g/mol. The lowest BCUT2D eigenvalue weighted by Gasteiger charge is -2.18. The molecule has 0 bridgehead atoms. The first-order valence-corrected chi connectivity index (χ1v) is 7.06. The second-order valence-corrected chi connectivity index (χ2v) is 5.22. The Labute approximate surface area is 124 Å². The Kier molecular flexibility index (Phi) is 3.52. The van der Waals surface area contributed by atoms with E-state index in [2.05, 4.69) is 35.4 Å². The van der Waals surface area contributed by atoms with E-state index in [-0.39, 0.29) is 6.04 Å². The van der Waals surface area contributed by atoms with Crippen LogP contribution in [-0.4, -0.2) is 9.55 Å². The quantitative estimate of drug-likeness (QED) is 0.777. The molecule has 3 rings (SSSR count). The summed E-state index contributed by atoms with van der Waals surface area (Å²) in [6.45, 7) is 6.12. The molecule has 1 N–H and O–H groups in total. The summed E-state index contributed by atoms with van der Waals surface area (Å²) in [5.74, 6) is 1.91. The zero-order valence-corrected chi connectivity index (χ0v) is 12.5.